The number of ether oxygens (including phenoxy) is 3. The minimum absolute atomic E-state index is 0.0245. The van der Waals surface area contributed by atoms with Crippen LogP contribution in [0.4, 0.5) is 17.1 Å². The van der Waals surface area contributed by atoms with Gasteiger partial charge in [-0.25, -0.2) is 14.4 Å². The lowest BCUT2D eigenvalue weighted by Crippen LogP contribution is -2.50. The number of carbonyl (C=O) groups is 6. The van der Waals surface area contributed by atoms with Gasteiger partial charge in [0.1, 0.15) is 36.3 Å². The molecule has 15 nitrogen and oxygen atoms in total. The van der Waals surface area contributed by atoms with Crippen molar-refractivity contribution in [3.63, 3.8) is 0 Å². The van der Waals surface area contributed by atoms with Crippen molar-refractivity contribution >= 4 is 122 Å². The molecular weight excluding hydrogens is 1050 g/mol. The summed E-state index contributed by atoms with van der Waals surface area (Å²) in [5.41, 5.74) is 2.91. The van der Waals surface area contributed by atoms with Crippen LogP contribution >= 0.6 is 69.6 Å². The molecule has 0 spiro atoms. The average Bonchev–Trinajstić information content (AvgIpc) is 3.35. The molecule has 4 rings (SSSR count). The molecule has 4 aromatic rings. The molecule has 4 aromatic carbocycles. The first-order valence-corrected chi connectivity index (χ1v) is 25.0. The quantitative estimate of drug-likeness (QED) is 0.0341. The van der Waals surface area contributed by atoms with Crippen LogP contribution in [0.1, 0.15) is 66.9 Å². The third-order valence-corrected chi connectivity index (χ3v) is 12.9. The largest absolute Gasteiger partial charge is 0.467 e. The van der Waals surface area contributed by atoms with Gasteiger partial charge in [0.2, 0.25) is 17.7 Å². The summed E-state index contributed by atoms with van der Waals surface area (Å²) in [6.07, 6.45) is 1.60. The van der Waals surface area contributed by atoms with Crippen molar-refractivity contribution in [3.8, 4) is 0 Å². The first-order valence-electron chi connectivity index (χ1n) is 22.8. The predicted molar refractivity (Wildman–Crippen MR) is 290 cm³/mol. The summed E-state index contributed by atoms with van der Waals surface area (Å²) < 4.78 is 14.3. The number of hydrogen-bond acceptors (Lipinski definition) is 12. The molecule has 0 bridgehead atoms. The van der Waals surface area contributed by atoms with E-state index in [0.717, 1.165) is 12.0 Å². The molecule has 0 saturated heterocycles. The SMILES string of the molecule is CCC(C)C(NC(=O)C(C)Nc1ccc(Cl)c(Cl)c1)C(=O)OC.COC(=O)C(CC(C)C)NC(=O)C(C)Nc1ccc(Cl)c(Cl)c1.COC(=O)C(Cc1ccccc1)NC(=O)C(C)Nc1ccc(Cl)c(Cl)c1. The molecule has 0 heterocycles. The van der Waals surface area contributed by atoms with E-state index in [1.807, 2.05) is 58.0 Å². The fraction of sp³-hybridized carbons (Fsp3) is 0.412. The lowest BCUT2D eigenvalue weighted by atomic mass is 9.99. The van der Waals surface area contributed by atoms with Crippen LogP contribution in [-0.2, 0) is 49.4 Å². The fourth-order valence-electron chi connectivity index (χ4n) is 6.39. The van der Waals surface area contributed by atoms with Crippen LogP contribution in [0.25, 0.3) is 0 Å². The Balaban J connectivity index is 0.000000371. The van der Waals surface area contributed by atoms with Gasteiger partial charge in [0.15, 0.2) is 0 Å². The second-order valence-corrected chi connectivity index (χ2v) is 19.3. The van der Waals surface area contributed by atoms with Crippen molar-refractivity contribution in [1.29, 1.82) is 0 Å². The van der Waals surface area contributed by atoms with Gasteiger partial charge in [-0.05, 0) is 99.2 Å². The molecule has 394 valence electrons. The van der Waals surface area contributed by atoms with Crippen LogP contribution < -0.4 is 31.9 Å². The van der Waals surface area contributed by atoms with Crippen LogP contribution in [0.15, 0.2) is 84.9 Å². The Morgan fingerprint density at radius 3 is 1.18 bits per heavy atom. The van der Waals surface area contributed by atoms with E-state index in [4.69, 9.17) is 83.8 Å². The minimum atomic E-state index is -0.770. The van der Waals surface area contributed by atoms with E-state index in [1.54, 1.807) is 75.4 Å². The molecular formula is C51H64Cl6N6O9. The van der Waals surface area contributed by atoms with Crippen LogP contribution in [0.2, 0.25) is 30.1 Å². The van der Waals surface area contributed by atoms with Crippen LogP contribution in [0.3, 0.4) is 0 Å². The molecule has 0 saturated carbocycles. The lowest BCUT2D eigenvalue weighted by Gasteiger charge is -2.24. The van der Waals surface area contributed by atoms with Gasteiger partial charge in [-0.1, -0.05) is 134 Å². The molecule has 0 radical (unpaired) electrons. The zero-order valence-electron chi connectivity index (χ0n) is 41.8. The van der Waals surface area contributed by atoms with Gasteiger partial charge < -0.3 is 46.1 Å². The number of amides is 3. The third-order valence-electron chi connectivity index (χ3n) is 10.6. The minimum Gasteiger partial charge on any atom is -0.467 e. The van der Waals surface area contributed by atoms with E-state index >= 15 is 0 Å². The number of carbonyl (C=O) groups excluding carboxylic acids is 6. The first kappa shape index (κ1) is 63.0. The van der Waals surface area contributed by atoms with Crippen molar-refractivity contribution < 1.29 is 43.0 Å². The van der Waals surface area contributed by atoms with Gasteiger partial charge in [0, 0.05) is 23.5 Å². The maximum Gasteiger partial charge on any atom is 0.328 e. The molecule has 3 amide bonds. The van der Waals surface area contributed by atoms with Gasteiger partial charge in [-0.3, -0.25) is 14.4 Å². The Labute approximate surface area is 452 Å². The second-order valence-electron chi connectivity index (χ2n) is 16.9. The summed E-state index contributed by atoms with van der Waals surface area (Å²) in [6.45, 7) is 12.9. The van der Waals surface area contributed by atoms with Crippen molar-refractivity contribution in [2.24, 2.45) is 11.8 Å². The van der Waals surface area contributed by atoms with Crippen molar-refractivity contribution in [1.82, 2.24) is 16.0 Å². The van der Waals surface area contributed by atoms with Crippen LogP contribution in [0, 0.1) is 11.8 Å². The highest BCUT2D eigenvalue weighted by Gasteiger charge is 2.29. The number of methoxy groups -OCH3 is 3. The number of halogens is 6. The highest BCUT2D eigenvalue weighted by atomic mass is 35.5. The maximum atomic E-state index is 12.5. The molecule has 7 unspecified atom stereocenters. The Bertz CT molecular complexity index is 2420. The molecule has 6 N–H and O–H groups in total. The number of anilines is 3. The number of benzene rings is 4. The highest BCUT2D eigenvalue weighted by molar-refractivity contribution is 6.43. The Morgan fingerprint density at radius 1 is 0.472 bits per heavy atom. The second kappa shape index (κ2) is 32.1. The van der Waals surface area contributed by atoms with Crippen LogP contribution in [0.5, 0.6) is 0 Å². The van der Waals surface area contributed by atoms with Gasteiger partial charge >= 0.3 is 17.9 Å². The van der Waals surface area contributed by atoms with E-state index in [2.05, 4.69) is 31.9 Å². The summed E-state index contributed by atoms with van der Waals surface area (Å²) in [7, 11) is 3.91. The van der Waals surface area contributed by atoms with Crippen molar-refractivity contribution in [2.75, 3.05) is 37.3 Å². The topological polar surface area (TPSA) is 202 Å². The summed E-state index contributed by atoms with van der Waals surface area (Å²) in [5, 5.41) is 19.7. The average molecular weight is 1120 g/mol. The third kappa shape index (κ3) is 21.9. The van der Waals surface area contributed by atoms with E-state index in [9.17, 15) is 28.8 Å². The Kier molecular flexibility index (Phi) is 28.1. The Hall–Kier alpha value is -5.16. The maximum absolute atomic E-state index is 12.5. The van der Waals surface area contributed by atoms with Crippen LogP contribution in [-0.4, -0.2) is 93.2 Å². The molecule has 72 heavy (non-hydrogen) atoms. The molecule has 0 aliphatic heterocycles. The van der Waals surface area contributed by atoms with Gasteiger partial charge in [0.25, 0.3) is 0 Å². The number of nitrogens with one attached hydrogen (secondary N) is 6. The number of hydrogen-bond donors (Lipinski definition) is 6. The summed E-state index contributed by atoms with van der Waals surface area (Å²) in [6, 6.07) is 20.6. The van der Waals surface area contributed by atoms with Gasteiger partial charge in [0.05, 0.1) is 51.5 Å². The molecule has 0 aliphatic rings. The summed E-state index contributed by atoms with van der Waals surface area (Å²) >= 11 is 35.5. The van der Waals surface area contributed by atoms with Crippen molar-refractivity contribution in [3.05, 3.63) is 121 Å². The van der Waals surface area contributed by atoms with Crippen molar-refractivity contribution in [2.45, 2.75) is 104 Å². The van der Waals surface area contributed by atoms with E-state index in [0.29, 0.717) is 60.0 Å². The normalized spacial score (nSPS) is 13.5. The molecule has 0 aromatic heterocycles. The monoisotopic (exact) mass is 1110 g/mol. The zero-order chi connectivity index (χ0) is 54.2. The molecule has 0 aliphatic carbocycles. The predicted octanol–water partition coefficient (Wildman–Crippen LogP) is 10.7. The van der Waals surface area contributed by atoms with Gasteiger partial charge in [-0.2, -0.15) is 0 Å². The van der Waals surface area contributed by atoms with E-state index < -0.39 is 54.2 Å². The zero-order valence-corrected chi connectivity index (χ0v) is 46.3. The first-order chi connectivity index (χ1) is 33.9. The smallest absolute Gasteiger partial charge is 0.328 e. The van der Waals surface area contributed by atoms with Gasteiger partial charge in [-0.15, -0.1) is 0 Å². The molecule has 7 atom stereocenters. The summed E-state index contributed by atoms with van der Waals surface area (Å²) in [4.78, 5) is 72.7. The lowest BCUT2D eigenvalue weighted by molar-refractivity contribution is -0.146. The van der Waals surface area contributed by atoms with E-state index in [1.165, 1.54) is 21.3 Å². The van der Waals surface area contributed by atoms with E-state index in [-0.39, 0.29) is 29.6 Å². The molecule has 0 fully saturated rings. The number of esters is 3. The fourth-order valence-corrected chi connectivity index (χ4v) is 7.28. The summed E-state index contributed by atoms with van der Waals surface area (Å²) in [5.74, 6) is -2.10. The Morgan fingerprint density at radius 2 is 0.833 bits per heavy atom. The standard InChI is InChI=1S/C19H20Cl2N2O3.2C16H22Cl2N2O3/c1-12(22-14-8-9-15(20)16(21)11-14)18(24)23-17(19(25)26-2)10-13-6-4-3-5-7-13;1-9(2)7-14(16(22)23-4)20-15(21)10(3)19-11-5-6-12(17)13(18)8-11;1-5-9(2)14(16(22)23-4)20-15(21)10(3)19-11-6-7-12(17)13(18)8-11/h3-9,11-12,17,22H,10H2,1-2H3,(H,23,24);5-6,8-10,14,19H,7H2,1-4H3,(H,20,21);6-10,14,19H,5H2,1-4H3,(H,20,21). The number of rotatable bonds is 21. The molecule has 21 heteroatoms. The highest BCUT2D eigenvalue weighted by Crippen LogP contribution is 2.27.